The van der Waals surface area contributed by atoms with Gasteiger partial charge in [0, 0.05) is 31.3 Å². The summed E-state index contributed by atoms with van der Waals surface area (Å²) in [5.41, 5.74) is 3.79. The van der Waals surface area contributed by atoms with Crippen LogP contribution in [-0.4, -0.2) is 42.2 Å². The van der Waals surface area contributed by atoms with Crippen LogP contribution >= 0.6 is 12.4 Å². The zero-order valence-corrected chi connectivity index (χ0v) is 19.1. The zero-order valence-electron chi connectivity index (χ0n) is 18.3. The maximum atomic E-state index is 11.7. The number of nitrogens with one attached hydrogen (secondary N) is 1. The molecule has 0 unspecified atom stereocenters. The molecule has 1 aliphatic heterocycles. The third kappa shape index (κ3) is 5.98. The standard InChI is InChI=1S/C25H28N4O2.ClH/c1-2-31-24(30)12-15-26-22-18-23(28-25(27-22)21-10-4-3-5-11-21)29-16-13-19-8-6-7-9-20(19)14-17-29;/h3-11,18H,2,12-17H2,1H3,(H,26,27,28);1H. The third-order valence-electron chi connectivity index (χ3n) is 5.43. The van der Waals surface area contributed by atoms with Gasteiger partial charge in [-0.25, -0.2) is 9.97 Å². The highest BCUT2D eigenvalue weighted by Crippen LogP contribution is 2.25. The normalized spacial score (nSPS) is 12.8. The molecule has 7 heteroatoms. The molecule has 6 nitrogen and oxygen atoms in total. The predicted molar refractivity (Wildman–Crippen MR) is 131 cm³/mol. The summed E-state index contributed by atoms with van der Waals surface area (Å²) in [4.78, 5) is 23.6. The van der Waals surface area contributed by atoms with Crippen LogP contribution in [0.3, 0.4) is 0 Å². The number of esters is 1. The fraction of sp³-hybridized carbons (Fsp3) is 0.320. The molecule has 1 aliphatic rings. The van der Waals surface area contributed by atoms with E-state index in [-0.39, 0.29) is 18.4 Å². The fourth-order valence-corrected chi connectivity index (χ4v) is 3.83. The Hall–Kier alpha value is -3.12. The van der Waals surface area contributed by atoms with Crippen LogP contribution in [0.5, 0.6) is 0 Å². The van der Waals surface area contributed by atoms with Crippen molar-refractivity contribution in [2.24, 2.45) is 0 Å². The summed E-state index contributed by atoms with van der Waals surface area (Å²) in [6, 6.07) is 20.6. The van der Waals surface area contributed by atoms with Crippen molar-refractivity contribution < 1.29 is 9.53 Å². The highest BCUT2D eigenvalue weighted by Gasteiger charge is 2.17. The van der Waals surface area contributed by atoms with Gasteiger partial charge in [0.15, 0.2) is 5.82 Å². The van der Waals surface area contributed by atoms with Gasteiger partial charge in [-0.15, -0.1) is 12.4 Å². The van der Waals surface area contributed by atoms with Crippen LogP contribution in [0.25, 0.3) is 11.4 Å². The van der Waals surface area contributed by atoms with E-state index in [2.05, 4.69) is 34.5 Å². The van der Waals surface area contributed by atoms with Crippen LogP contribution in [-0.2, 0) is 22.4 Å². The Morgan fingerprint density at radius 3 is 2.31 bits per heavy atom. The molecule has 1 N–H and O–H groups in total. The molecule has 0 amide bonds. The smallest absolute Gasteiger partial charge is 0.307 e. The van der Waals surface area contributed by atoms with E-state index in [1.54, 1.807) is 0 Å². The Morgan fingerprint density at radius 2 is 1.66 bits per heavy atom. The molecular weight excluding hydrogens is 424 g/mol. The van der Waals surface area contributed by atoms with E-state index in [0.29, 0.717) is 25.4 Å². The predicted octanol–water partition coefficient (Wildman–Crippen LogP) is 4.54. The van der Waals surface area contributed by atoms with E-state index in [4.69, 9.17) is 14.7 Å². The molecule has 32 heavy (non-hydrogen) atoms. The molecule has 168 valence electrons. The topological polar surface area (TPSA) is 67.3 Å². The maximum Gasteiger partial charge on any atom is 0.307 e. The van der Waals surface area contributed by atoms with Crippen molar-refractivity contribution in [2.75, 3.05) is 36.5 Å². The summed E-state index contributed by atoms with van der Waals surface area (Å²) in [5.74, 6) is 2.09. The van der Waals surface area contributed by atoms with E-state index in [1.165, 1.54) is 11.1 Å². The molecule has 0 spiro atoms. The van der Waals surface area contributed by atoms with Crippen molar-refractivity contribution in [2.45, 2.75) is 26.2 Å². The van der Waals surface area contributed by atoms with E-state index in [0.717, 1.165) is 43.1 Å². The van der Waals surface area contributed by atoms with E-state index in [1.807, 2.05) is 43.3 Å². The summed E-state index contributed by atoms with van der Waals surface area (Å²) in [5, 5.41) is 3.28. The minimum Gasteiger partial charge on any atom is -0.466 e. The van der Waals surface area contributed by atoms with Crippen molar-refractivity contribution in [1.29, 1.82) is 0 Å². The second kappa shape index (κ2) is 11.5. The number of anilines is 2. The SMILES string of the molecule is CCOC(=O)CCNc1cc(N2CCc3ccccc3CC2)nc(-c2ccccc2)n1.Cl. The average molecular weight is 453 g/mol. The van der Waals surface area contributed by atoms with Gasteiger partial charge in [-0.3, -0.25) is 4.79 Å². The molecule has 0 aliphatic carbocycles. The van der Waals surface area contributed by atoms with Crippen LogP contribution < -0.4 is 10.2 Å². The van der Waals surface area contributed by atoms with Crippen LogP contribution in [0.2, 0.25) is 0 Å². The average Bonchev–Trinajstić information content (AvgIpc) is 3.02. The molecule has 0 radical (unpaired) electrons. The Kier molecular flexibility index (Phi) is 8.45. The number of nitrogens with zero attached hydrogens (tertiary/aromatic N) is 3. The zero-order chi connectivity index (χ0) is 21.5. The Bertz CT molecular complexity index is 1000. The van der Waals surface area contributed by atoms with Crippen LogP contribution in [0.4, 0.5) is 11.6 Å². The highest BCUT2D eigenvalue weighted by molar-refractivity contribution is 5.85. The quantitative estimate of drug-likeness (QED) is 0.531. The molecule has 0 fully saturated rings. The molecule has 4 rings (SSSR count). The monoisotopic (exact) mass is 452 g/mol. The number of hydrogen-bond acceptors (Lipinski definition) is 6. The summed E-state index contributed by atoms with van der Waals surface area (Å²) in [7, 11) is 0. The molecule has 0 saturated carbocycles. The molecule has 2 heterocycles. The molecule has 0 saturated heterocycles. The minimum absolute atomic E-state index is 0. The Labute approximate surface area is 195 Å². The Morgan fingerprint density at radius 1 is 1.00 bits per heavy atom. The molecular formula is C25H29ClN4O2. The molecule has 0 atom stereocenters. The number of benzene rings is 2. The number of fused-ring (bicyclic) bond motifs is 1. The molecule has 3 aromatic rings. The number of hydrogen-bond donors (Lipinski definition) is 1. The molecule has 2 aromatic carbocycles. The van der Waals surface area contributed by atoms with Crippen molar-refractivity contribution in [3.05, 3.63) is 71.8 Å². The van der Waals surface area contributed by atoms with Crippen molar-refractivity contribution >= 4 is 30.0 Å². The lowest BCUT2D eigenvalue weighted by molar-refractivity contribution is -0.142. The summed E-state index contributed by atoms with van der Waals surface area (Å²) >= 11 is 0. The van der Waals surface area contributed by atoms with Gasteiger partial charge in [-0.05, 0) is 30.9 Å². The van der Waals surface area contributed by atoms with Gasteiger partial charge < -0.3 is 15.0 Å². The molecule has 1 aromatic heterocycles. The van der Waals surface area contributed by atoms with Gasteiger partial charge in [0.1, 0.15) is 11.6 Å². The lowest BCUT2D eigenvalue weighted by Gasteiger charge is -2.22. The second-order valence-corrected chi connectivity index (χ2v) is 7.54. The number of aromatic nitrogens is 2. The van der Waals surface area contributed by atoms with E-state index in [9.17, 15) is 4.79 Å². The maximum absolute atomic E-state index is 11.7. The summed E-state index contributed by atoms with van der Waals surface area (Å²) in [6.07, 6.45) is 2.28. The molecule has 0 bridgehead atoms. The fourth-order valence-electron chi connectivity index (χ4n) is 3.83. The van der Waals surface area contributed by atoms with E-state index >= 15 is 0 Å². The number of rotatable bonds is 7. The van der Waals surface area contributed by atoms with Gasteiger partial charge in [0.25, 0.3) is 0 Å². The highest BCUT2D eigenvalue weighted by atomic mass is 35.5. The van der Waals surface area contributed by atoms with Crippen LogP contribution in [0.15, 0.2) is 60.7 Å². The number of ether oxygens (including phenoxy) is 1. The first kappa shape index (κ1) is 23.5. The van der Waals surface area contributed by atoms with Crippen LogP contribution in [0.1, 0.15) is 24.5 Å². The number of carbonyl (C=O) groups excluding carboxylic acids is 1. The largest absolute Gasteiger partial charge is 0.466 e. The lowest BCUT2D eigenvalue weighted by Crippen LogP contribution is -2.27. The second-order valence-electron chi connectivity index (χ2n) is 7.54. The summed E-state index contributed by atoms with van der Waals surface area (Å²) in [6.45, 7) is 4.49. The minimum atomic E-state index is -0.210. The van der Waals surface area contributed by atoms with Gasteiger partial charge in [0.2, 0.25) is 0 Å². The van der Waals surface area contributed by atoms with Gasteiger partial charge >= 0.3 is 5.97 Å². The first-order valence-corrected chi connectivity index (χ1v) is 10.9. The van der Waals surface area contributed by atoms with Crippen molar-refractivity contribution in [3.63, 3.8) is 0 Å². The number of halogens is 1. The van der Waals surface area contributed by atoms with Crippen molar-refractivity contribution in [1.82, 2.24) is 9.97 Å². The first-order chi connectivity index (χ1) is 15.2. The van der Waals surface area contributed by atoms with Crippen molar-refractivity contribution in [3.8, 4) is 11.4 Å². The van der Waals surface area contributed by atoms with Crippen LogP contribution in [0, 0.1) is 0 Å². The third-order valence-corrected chi connectivity index (χ3v) is 5.43. The van der Waals surface area contributed by atoms with E-state index < -0.39 is 0 Å². The van der Waals surface area contributed by atoms with Gasteiger partial charge in [0.05, 0.1) is 13.0 Å². The lowest BCUT2D eigenvalue weighted by atomic mass is 10.0. The number of carbonyl (C=O) groups is 1. The van der Waals surface area contributed by atoms with Gasteiger partial charge in [-0.1, -0.05) is 54.6 Å². The Balaban J connectivity index is 0.00000289. The van der Waals surface area contributed by atoms with Gasteiger partial charge in [-0.2, -0.15) is 0 Å². The summed E-state index contributed by atoms with van der Waals surface area (Å²) < 4.78 is 5.02. The first-order valence-electron chi connectivity index (χ1n) is 10.9.